The summed E-state index contributed by atoms with van der Waals surface area (Å²) in [5.41, 5.74) is 0.471. The zero-order valence-corrected chi connectivity index (χ0v) is 11.8. The molecule has 0 aliphatic rings. The monoisotopic (exact) mass is 249 g/mol. The fourth-order valence-corrected chi connectivity index (χ4v) is 1.13. The van der Waals surface area contributed by atoms with Crippen LogP contribution in [0.3, 0.4) is 0 Å². The Balaban J connectivity index is 0. The highest BCUT2D eigenvalue weighted by atomic mass is 35.5. The molecule has 0 aromatic heterocycles. The van der Waals surface area contributed by atoms with E-state index in [1.54, 1.807) is 6.92 Å². The first-order valence-electron chi connectivity index (χ1n) is 5.43. The van der Waals surface area contributed by atoms with E-state index in [1.165, 1.54) is 0 Å². The van der Waals surface area contributed by atoms with Crippen molar-refractivity contribution in [3.63, 3.8) is 0 Å². The van der Waals surface area contributed by atoms with E-state index in [9.17, 15) is 4.79 Å². The van der Waals surface area contributed by atoms with Crippen molar-refractivity contribution in [2.24, 2.45) is 0 Å². The van der Waals surface area contributed by atoms with Crippen LogP contribution in [0, 0.1) is 0 Å². The Labute approximate surface area is 105 Å². The number of rotatable bonds is 6. The molecule has 96 valence electrons. The highest BCUT2D eigenvalue weighted by Crippen LogP contribution is 2.08. The average molecular weight is 250 g/mol. The summed E-state index contributed by atoms with van der Waals surface area (Å²) in [5.74, 6) is -0.275. The Bertz CT molecular complexity index is 234. The van der Waals surface area contributed by atoms with E-state index in [-0.39, 0.29) is 24.5 Å². The molecular weight excluding hydrogens is 226 g/mol. The number of quaternary nitrogens is 1. The largest absolute Gasteiger partial charge is 1.00 e. The molecule has 0 aliphatic heterocycles. The molecule has 1 unspecified atom stereocenters. The van der Waals surface area contributed by atoms with Crippen LogP contribution < -0.4 is 12.4 Å². The second kappa shape index (κ2) is 7.69. The SMILES string of the molecule is C=C(C)C(=O)OC(CC)CC[N+](C)(C)C.[Cl-]. The fraction of sp³-hybridized carbons (Fsp3) is 0.750. The number of hydrogen-bond donors (Lipinski definition) is 0. The summed E-state index contributed by atoms with van der Waals surface area (Å²) in [6, 6.07) is 0. The Morgan fingerprint density at radius 2 is 1.88 bits per heavy atom. The van der Waals surface area contributed by atoms with Crippen molar-refractivity contribution in [3.8, 4) is 0 Å². The molecule has 0 amide bonds. The lowest BCUT2D eigenvalue weighted by molar-refractivity contribution is -0.870. The highest BCUT2D eigenvalue weighted by Gasteiger charge is 2.16. The molecule has 0 heterocycles. The Morgan fingerprint density at radius 1 is 1.38 bits per heavy atom. The Kier molecular flexibility index (Phi) is 8.57. The molecule has 3 nitrogen and oxygen atoms in total. The lowest BCUT2D eigenvalue weighted by Gasteiger charge is -2.26. The van der Waals surface area contributed by atoms with Crippen LogP contribution in [0.1, 0.15) is 26.7 Å². The molecule has 0 fully saturated rings. The maximum Gasteiger partial charge on any atom is 0.333 e. The quantitative estimate of drug-likeness (QED) is 0.343. The van der Waals surface area contributed by atoms with Crippen molar-refractivity contribution in [1.29, 1.82) is 0 Å². The van der Waals surface area contributed by atoms with Crippen LogP contribution in [0.5, 0.6) is 0 Å². The van der Waals surface area contributed by atoms with Crippen molar-refractivity contribution in [2.45, 2.75) is 32.8 Å². The first-order valence-corrected chi connectivity index (χ1v) is 5.43. The number of carbonyl (C=O) groups is 1. The third-order valence-corrected chi connectivity index (χ3v) is 2.20. The first kappa shape index (κ1) is 17.8. The van der Waals surface area contributed by atoms with Crippen LogP contribution in [-0.4, -0.2) is 44.2 Å². The molecule has 0 saturated heterocycles. The third-order valence-electron chi connectivity index (χ3n) is 2.20. The van der Waals surface area contributed by atoms with Crippen LogP contribution in [0.25, 0.3) is 0 Å². The van der Waals surface area contributed by atoms with E-state index >= 15 is 0 Å². The van der Waals surface area contributed by atoms with Gasteiger partial charge < -0.3 is 21.6 Å². The number of hydrogen-bond acceptors (Lipinski definition) is 2. The minimum atomic E-state index is -0.275. The molecule has 0 saturated carbocycles. The van der Waals surface area contributed by atoms with Gasteiger partial charge >= 0.3 is 5.97 Å². The van der Waals surface area contributed by atoms with Gasteiger partial charge in [-0.1, -0.05) is 13.5 Å². The van der Waals surface area contributed by atoms with Gasteiger partial charge in [-0.05, 0) is 13.3 Å². The van der Waals surface area contributed by atoms with Crippen molar-refractivity contribution < 1.29 is 26.4 Å². The van der Waals surface area contributed by atoms with Crippen molar-refractivity contribution >= 4 is 5.97 Å². The van der Waals surface area contributed by atoms with Crippen LogP contribution >= 0.6 is 0 Å². The van der Waals surface area contributed by atoms with Crippen LogP contribution in [-0.2, 0) is 9.53 Å². The second-order valence-electron chi connectivity index (χ2n) is 5.02. The normalized spacial score (nSPS) is 12.6. The summed E-state index contributed by atoms with van der Waals surface area (Å²) in [7, 11) is 6.40. The molecule has 0 aliphatic carbocycles. The molecule has 1 atom stereocenters. The van der Waals surface area contributed by atoms with Gasteiger partial charge in [-0.15, -0.1) is 0 Å². The van der Waals surface area contributed by atoms with Gasteiger partial charge in [0.15, 0.2) is 0 Å². The van der Waals surface area contributed by atoms with E-state index in [1.807, 2.05) is 6.92 Å². The summed E-state index contributed by atoms with van der Waals surface area (Å²) in [6.07, 6.45) is 1.78. The zero-order valence-electron chi connectivity index (χ0n) is 11.0. The maximum absolute atomic E-state index is 11.3. The van der Waals surface area contributed by atoms with Gasteiger partial charge in [0.25, 0.3) is 0 Å². The van der Waals surface area contributed by atoms with Crippen molar-refractivity contribution in [2.75, 3.05) is 27.7 Å². The molecule has 16 heavy (non-hydrogen) atoms. The topological polar surface area (TPSA) is 26.3 Å². The summed E-state index contributed by atoms with van der Waals surface area (Å²) in [5, 5.41) is 0. The summed E-state index contributed by atoms with van der Waals surface area (Å²) >= 11 is 0. The van der Waals surface area contributed by atoms with E-state index in [0.717, 1.165) is 23.9 Å². The molecule has 4 heteroatoms. The fourth-order valence-electron chi connectivity index (χ4n) is 1.13. The molecule has 0 aromatic carbocycles. The standard InChI is InChI=1S/C12H24NO2.ClH/c1-7-11(8-9-13(4,5)6)15-12(14)10(2)3;/h11H,2,7-9H2,1,3-6H3;1H/q+1;/p-1. The minimum Gasteiger partial charge on any atom is -1.00 e. The zero-order chi connectivity index (χ0) is 12.1. The van der Waals surface area contributed by atoms with Gasteiger partial charge in [-0.3, -0.25) is 0 Å². The van der Waals surface area contributed by atoms with E-state index in [2.05, 4.69) is 27.7 Å². The lowest BCUT2D eigenvalue weighted by Crippen LogP contribution is -3.00. The van der Waals surface area contributed by atoms with E-state index in [4.69, 9.17) is 4.74 Å². The average Bonchev–Trinajstić information content (AvgIpc) is 2.10. The number of nitrogens with zero attached hydrogens (tertiary/aromatic N) is 1. The second-order valence-corrected chi connectivity index (χ2v) is 5.02. The predicted octanol–water partition coefficient (Wildman–Crippen LogP) is -1.02. The predicted molar refractivity (Wildman–Crippen MR) is 62.5 cm³/mol. The molecule has 0 rings (SSSR count). The Hall–Kier alpha value is -0.540. The van der Waals surface area contributed by atoms with Crippen molar-refractivity contribution in [3.05, 3.63) is 12.2 Å². The van der Waals surface area contributed by atoms with Crippen LogP contribution in [0.4, 0.5) is 0 Å². The minimum absolute atomic E-state index is 0. The lowest BCUT2D eigenvalue weighted by atomic mass is 10.2. The molecular formula is C12H24ClNO2. The van der Waals surface area contributed by atoms with Crippen LogP contribution in [0.2, 0.25) is 0 Å². The maximum atomic E-state index is 11.3. The molecule has 0 bridgehead atoms. The molecule has 0 spiro atoms. The Morgan fingerprint density at radius 3 is 2.19 bits per heavy atom. The summed E-state index contributed by atoms with van der Waals surface area (Å²) in [4.78, 5) is 11.3. The smallest absolute Gasteiger partial charge is 0.333 e. The summed E-state index contributed by atoms with van der Waals surface area (Å²) in [6.45, 7) is 8.28. The van der Waals surface area contributed by atoms with Gasteiger partial charge in [-0.2, -0.15) is 0 Å². The van der Waals surface area contributed by atoms with Gasteiger partial charge in [0.1, 0.15) is 6.10 Å². The van der Waals surface area contributed by atoms with E-state index in [0.29, 0.717) is 5.57 Å². The number of carbonyl (C=O) groups excluding carboxylic acids is 1. The molecule has 0 aromatic rings. The number of ether oxygens (including phenoxy) is 1. The highest BCUT2D eigenvalue weighted by molar-refractivity contribution is 5.87. The number of halogens is 1. The van der Waals surface area contributed by atoms with Gasteiger partial charge in [-0.25, -0.2) is 4.79 Å². The summed E-state index contributed by atoms with van der Waals surface area (Å²) < 4.78 is 6.20. The van der Waals surface area contributed by atoms with E-state index < -0.39 is 0 Å². The van der Waals surface area contributed by atoms with Gasteiger partial charge in [0.05, 0.1) is 27.7 Å². The van der Waals surface area contributed by atoms with Gasteiger partial charge in [0.2, 0.25) is 0 Å². The molecule has 0 N–H and O–H groups in total. The number of esters is 1. The van der Waals surface area contributed by atoms with Crippen molar-refractivity contribution in [1.82, 2.24) is 0 Å². The molecule has 0 radical (unpaired) electrons. The van der Waals surface area contributed by atoms with Gasteiger partial charge in [0, 0.05) is 12.0 Å². The first-order chi connectivity index (χ1) is 6.76. The van der Waals surface area contributed by atoms with Crippen LogP contribution in [0.15, 0.2) is 12.2 Å². The third kappa shape index (κ3) is 8.74.